The van der Waals surface area contributed by atoms with Crippen molar-refractivity contribution in [3.8, 4) is 23.0 Å². The number of carbonyl (C=O) groups is 1. The lowest BCUT2D eigenvalue weighted by atomic mass is 10.0. The maximum atomic E-state index is 13.0. The fourth-order valence-electron chi connectivity index (χ4n) is 3.37. The predicted molar refractivity (Wildman–Crippen MR) is 109 cm³/mol. The molecule has 0 amide bonds. The Labute approximate surface area is 165 Å². The average molecular weight is 380 g/mol. The first-order valence-electron chi connectivity index (χ1n) is 9.00. The van der Waals surface area contributed by atoms with E-state index in [0.29, 0.717) is 35.8 Å². The van der Waals surface area contributed by atoms with Gasteiger partial charge in [0.2, 0.25) is 0 Å². The van der Waals surface area contributed by atoms with Crippen molar-refractivity contribution in [1.29, 1.82) is 0 Å². The lowest BCUT2D eigenvalue weighted by molar-refractivity contribution is -0.111. The first-order chi connectivity index (χ1) is 13.6. The van der Waals surface area contributed by atoms with Crippen molar-refractivity contribution in [2.75, 3.05) is 28.4 Å². The Balaban J connectivity index is 2.00. The van der Waals surface area contributed by atoms with E-state index in [1.54, 1.807) is 28.4 Å². The van der Waals surface area contributed by atoms with Crippen molar-refractivity contribution < 1.29 is 23.7 Å². The van der Waals surface area contributed by atoms with Crippen LogP contribution in [-0.4, -0.2) is 34.2 Å². The normalized spacial score (nSPS) is 16.5. The highest BCUT2D eigenvalue weighted by atomic mass is 16.5. The minimum Gasteiger partial charge on any atom is -0.496 e. The number of ketones is 1. The zero-order chi connectivity index (χ0) is 20.1. The van der Waals surface area contributed by atoms with Gasteiger partial charge in [-0.1, -0.05) is 12.1 Å². The summed E-state index contributed by atoms with van der Waals surface area (Å²) in [5.41, 5.74) is 2.99. The molecule has 0 spiro atoms. The maximum Gasteiger partial charge on any atom is 0.185 e. The standard InChI is InChI=1S/C23H24O5/c1-25-19-7-5-8-20(26-2)17(19)13-15-11-12-16(23(15)24)14-18-21(27-3)9-6-10-22(18)28-4/h5-10,13-14H,11-12H2,1-4H3/b15-13+,16-14+. The molecule has 0 bridgehead atoms. The number of allylic oxidation sites excluding steroid dienone is 2. The molecule has 0 aromatic heterocycles. The lowest BCUT2D eigenvalue weighted by Crippen LogP contribution is -1.99. The molecule has 0 heterocycles. The second-order valence-electron chi connectivity index (χ2n) is 6.32. The van der Waals surface area contributed by atoms with E-state index in [1.807, 2.05) is 48.6 Å². The van der Waals surface area contributed by atoms with Crippen LogP contribution < -0.4 is 18.9 Å². The van der Waals surface area contributed by atoms with Crippen molar-refractivity contribution >= 4 is 17.9 Å². The second kappa shape index (κ2) is 8.65. The molecule has 5 nitrogen and oxygen atoms in total. The summed E-state index contributed by atoms with van der Waals surface area (Å²) in [6, 6.07) is 11.1. The van der Waals surface area contributed by atoms with Gasteiger partial charge in [0.15, 0.2) is 5.78 Å². The molecule has 2 aromatic carbocycles. The van der Waals surface area contributed by atoms with E-state index >= 15 is 0 Å². The summed E-state index contributed by atoms with van der Waals surface area (Å²) in [4.78, 5) is 13.0. The summed E-state index contributed by atoms with van der Waals surface area (Å²) in [5.74, 6) is 2.69. The number of methoxy groups -OCH3 is 4. The van der Waals surface area contributed by atoms with Crippen LogP contribution >= 0.6 is 0 Å². The van der Waals surface area contributed by atoms with Crippen molar-refractivity contribution in [1.82, 2.24) is 0 Å². The summed E-state index contributed by atoms with van der Waals surface area (Å²) >= 11 is 0. The van der Waals surface area contributed by atoms with Gasteiger partial charge in [0.1, 0.15) is 23.0 Å². The first kappa shape index (κ1) is 19.5. The van der Waals surface area contributed by atoms with Crippen molar-refractivity contribution in [3.05, 3.63) is 58.7 Å². The molecule has 146 valence electrons. The molecule has 28 heavy (non-hydrogen) atoms. The molecule has 0 aliphatic heterocycles. The van der Waals surface area contributed by atoms with E-state index in [-0.39, 0.29) is 5.78 Å². The van der Waals surface area contributed by atoms with Gasteiger partial charge >= 0.3 is 0 Å². The molecule has 1 aliphatic rings. The zero-order valence-corrected chi connectivity index (χ0v) is 16.6. The third-order valence-corrected chi connectivity index (χ3v) is 4.82. The van der Waals surface area contributed by atoms with E-state index < -0.39 is 0 Å². The Bertz CT molecular complexity index is 820. The smallest absolute Gasteiger partial charge is 0.185 e. The van der Waals surface area contributed by atoms with E-state index in [4.69, 9.17) is 18.9 Å². The Hall–Kier alpha value is -3.21. The van der Waals surface area contributed by atoms with Crippen LogP contribution in [0.4, 0.5) is 0 Å². The van der Waals surface area contributed by atoms with Crippen LogP contribution in [0.3, 0.4) is 0 Å². The summed E-state index contributed by atoms with van der Waals surface area (Å²) in [6.07, 6.45) is 5.03. The van der Waals surface area contributed by atoms with Crippen molar-refractivity contribution in [2.45, 2.75) is 12.8 Å². The zero-order valence-electron chi connectivity index (χ0n) is 16.6. The molecule has 0 radical (unpaired) electrons. The van der Waals surface area contributed by atoms with Gasteiger partial charge < -0.3 is 18.9 Å². The highest BCUT2D eigenvalue weighted by Gasteiger charge is 2.25. The maximum absolute atomic E-state index is 13.0. The third-order valence-electron chi connectivity index (χ3n) is 4.82. The summed E-state index contributed by atoms with van der Waals surface area (Å²) in [7, 11) is 6.41. The fourth-order valence-corrected chi connectivity index (χ4v) is 3.37. The molecular weight excluding hydrogens is 356 g/mol. The quantitative estimate of drug-likeness (QED) is 0.688. The van der Waals surface area contributed by atoms with Crippen molar-refractivity contribution in [3.63, 3.8) is 0 Å². The summed E-state index contributed by atoms with van der Waals surface area (Å²) < 4.78 is 21.7. The monoisotopic (exact) mass is 380 g/mol. The fraction of sp³-hybridized carbons (Fsp3) is 0.261. The predicted octanol–water partition coefficient (Wildman–Crippen LogP) is 4.55. The molecular formula is C23H24O5. The molecule has 3 rings (SSSR count). The molecule has 5 heteroatoms. The van der Waals surface area contributed by atoms with Crippen molar-refractivity contribution in [2.24, 2.45) is 0 Å². The van der Waals surface area contributed by atoms with Gasteiger partial charge in [-0.2, -0.15) is 0 Å². The largest absolute Gasteiger partial charge is 0.496 e. The average Bonchev–Trinajstić information content (AvgIpc) is 3.07. The number of hydrogen-bond donors (Lipinski definition) is 0. The van der Waals surface area contributed by atoms with Gasteiger partial charge in [-0.25, -0.2) is 0 Å². The summed E-state index contributed by atoms with van der Waals surface area (Å²) in [6.45, 7) is 0. The Morgan fingerprint density at radius 2 is 0.964 bits per heavy atom. The van der Waals surface area contributed by atoms with Crippen LogP contribution in [0, 0.1) is 0 Å². The Kier molecular flexibility index (Phi) is 6.04. The number of benzene rings is 2. The van der Waals surface area contributed by atoms with Crippen LogP contribution in [0.5, 0.6) is 23.0 Å². The molecule has 0 unspecified atom stereocenters. The van der Waals surface area contributed by atoms with Gasteiger partial charge in [0.25, 0.3) is 0 Å². The second-order valence-corrected chi connectivity index (χ2v) is 6.32. The molecule has 0 N–H and O–H groups in total. The third kappa shape index (κ3) is 3.74. The van der Waals surface area contributed by atoms with Gasteiger partial charge in [-0.05, 0) is 49.3 Å². The number of ether oxygens (including phenoxy) is 4. The molecule has 0 atom stereocenters. The number of Topliss-reactive ketones (excluding diaryl/α,β-unsaturated/α-hetero) is 1. The molecule has 1 aliphatic carbocycles. The number of rotatable bonds is 6. The Morgan fingerprint density at radius 3 is 1.25 bits per heavy atom. The topological polar surface area (TPSA) is 54.0 Å². The molecule has 0 saturated heterocycles. The van der Waals surface area contributed by atoms with Gasteiger partial charge in [-0.3, -0.25) is 4.79 Å². The van der Waals surface area contributed by atoms with E-state index in [2.05, 4.69) is 0 Å². The minimum absolute atomic E-state index is 0.0147. The van der Waals surface area contributed by atoms with Gasteiger partial charge in [0.05, 0.1) is 39.6 Å². The van der Waals surface area contributed by atoms with Crippen LogP contribution in [-0.2, 0) is 4.79 Å². The number of hydrogen-bond acceptors (Lipinski definition) is 5. The van der Waals surface area contributed by atoms with Crippen LogP contribution in [0.25, 0.3) is 12.2 Å². The first-order valence-corrected chi connectivity index (χ1v) is 9.00. The van der Waals surface area contributed by atoms with E-state index in [0.717, 1.165) is 22.3 Å². The van der Waals surface area contributed by atoms with E-state index in [9.17, 15) is 4.79 Å². The van der Waals surface area contributed by atoms with E-state index in [1.165, 1.54) is 0 Å². The highest BCUT2D eigenvalue weighted by Crippen LogP contribution is 2.37. The lowest BCUT2D eigenvalue weighted by Gasteiger charge is -2.11. The van der Waals surface area contributed by atoms with Gasteiger partial charge in [-0.15, -0.1) is 0 Å². The molecule has 1 saturated carbocycles. The Morgan fingerprint density at radius 1 is 0.643 bits per heavy atom. The van der Waals surface area contributed by atoms with Crippen LogP contribution in [0.1, 0.15) is 24.0 Å². The van der Waals surface area contributed by atoms with Gasteiger partial charge in [0, 0.05) is 11.1 Å². The summed E-state index contributed by atoms with van der Waals surface area (Å²) in [5, 5.41) is 0. The minimum atomic E-state index is 0.0147. The molecule has 2 aromatic rings. The number of carbonyl (C=O) groups excluding carboxylic acids is 1. The highest BCUT2D eigenvalue weighted by molar-refractivity contribution is 6.16. The van der Waals surface area contributed by atoms with Crippen LogP contribution in [0.15, 0.2) is 47.5 Å². The molecule has 1 fully saturated rings. The SMILES string of the molecule is COc1cccc(OC)c1/C=C1\CC/C(=C\c2c(OC)cccc2OC)C1=O. The van der Waals surface area contributed by atoms with Crippen LogP contribution in [0.2, 0.25) is 0 Å².